The van der Waals surface area contributed by atoms with E-state index >= 15 is 0 Å². The fourth-order valence-electron chi connectivity index (χ4n) is 4.66. The molecule has 138 valence electrons. The number of rotatable bonds is 2. The molecule has 3 aliphatic heterocycles. The average Bonchev–Trinajstić information content (AvgIpc) is 3.29. The summed E-state index contributed by atoms with van der Waals surface area (Å²) in [5, 5.41) is 5.28. The fraction of sp³-hybridized carbons (Fsp3) is 0.300. The Balaban J connectivity index is 1.61. The highest BCUT2D eigenvalue weighted by Crippen LogP contribution is 2.50. The van der Waals surface area contributed by atoms with Crippen LogP contribution in [0.1, 0.15) is 18.0 Å². The minimum atomic E-state index is -0.475. The second-order valence-electron chi connectivity index (χ2n) is 7.11. The number of carbonyl (C=O) groups excluding carboxylic acids is 2. The molecule has 27 heavy (non-hydrogen) atoms. The maximum Gasteiger partial charge on any atom is 0.253 e. The number of hydrazine groups is 1. The van der Waals surface area contributed by atoms with E-state index in [9.17, 15) is 9.59 Å². The van der Waals surface area contributed by atoms with Gasteiger partial charge in [0.15, 0.2) is 0 Å². The van der Waals surface area contributed by atoms with Gasteiger partial charge in [-0.2, -0.15) is 0 Å². The van der Waals surface area contributed by atoms with Crippen molar-refractivity contribution in [2.45, 2.75) is 18.5 Å². The first-order valence-corrected chi connectivity index (χ1v) is 9.74. The summed E-state index contributed by atoms with van der Waals surface area (Å²) >= 11 is 12.6. The molecule has 0 aliphatic carbocycles. The number of carbonyl (C=O) groups is 2. The predicted octanol–water partition coefficient (Wildman–Crippen LogP) is 3.53. The summed E-state index contributed by atoms with van der Waals surface area (Å²) in [7, 11) is 0. The first kappa shape index (κ1) is 17.2. The molecule has 3 aliphatic rings. The lowest BCUT2D eigenvalue weighted by Crippen LogP contribution is -2.44. The van der Waals surface area contributed by atoms with E-state index in [-0.39, 0.29) is 17.9 Å². The van der Waals surface area contributed by atoms with Crippen LogP contribution in [0.3, 0.4) is 0 Å². The lowest BCUT2D eigenvalue weighted by molar-refractivity contribution is -0.126. The van der Waals surface area contributed by atoms with Crippen molar-refractivity contribution in [3.8, 4) is 0 Å². The van der Waals surface area contributed by atoms with Crippen molar-refractivity contribution in [3.63, 3.8) is 0 Å². The number of benzene rings is 2. The highest BCUT2D eigenvalue weighted by atomic mass is 35.5. The molecule has 0 N–H and O–H groups in total. The lowest BCUT2D eigenvalue weighted by Gasteiger charge is -2.30. The monoisotopic (exact) mass is 401 g/mol. The first-order valence-electron chi connectivity index (χ1n) is 8.99. The zero-order chi connectivity index (χ0) is 18.7. The smallest absolute Gasteiger partial charge is 0.253 e. The molecule has 7 heteroatoms. The molecule has 3 saturated heterocycles. The summed E-state index contributed by atoms with van der Waals surface area (Å²) in [5.41, 5.74) is 1.46. The first-order chi connectivity index (χ1) is 13.1. The van der Waals surface area contributed by atoms with Crippen LogP contribution in [0.2, 0.25) is 10.0 Å². The maximum absolute atomic E-state index is 13.4. The number of para-hydroxylation sites is 1. The van der Waals surface area contributed by atoms with E-state index in [1.807, 2.05) is 24.3 Å². The van der Waals surface area contributed by atoms with Crippen LogP contribution < -0.4 is 4.90 Å². The number of hydrogen-bond acceptors (Lipinski definition) is 4. The molecule has 3 heterocycles. The van der Waals surface area contributed by atoms with Gasteiger partial charge in [0.25, 0.3) is 5.91 Å². The number of nitrogens with zero attached hydrogens (tertiary/aromatic N) is 3. The Morgan fingerprint density at radius 3 is 2.26 bits per heavy atom. The van der Waals surface area contributed by atoms with Gasteiger partial charge in [0.05, 0.1) is 17.6 Å². The Morgan fingerprint density at radius 1 is 0.852 bits per heavy atom. The van der Waals surface area contributed by atoms with E-state index in [4.69, 9.17) is 23.2 Å². The number of hydrogen-bond donors (Lipinski definition) is 0. The van der Waals surface area contributed by atoms with Crippen LogP contribution >= 0.6 is 23.2 Å². The molecule has 5 nitrogen and oxygen atoms in total. The summed E-state index contributed by atoms with van der Waals surface area (Å²) in [6, 6.07) is 13.7. The molecule has 0 bridgehead atoms. The number of fused-ring (bicyclic) bond motifs is 3. The summed E-state index contributed by atoms with van der Waals surface area (Å²) < 4.78 is 0. The number of halogens is 2. The number of imide groups is 1. The minimum absolute atomic E-state index is 0.157. The van der Waals surface area contributed by atoms with Gasteiger partial charge in [-0.1, -0.05) is 47.5 Å². The molecule has 2 aromatic carbocycles. The Kier molecular flexibility index (Phi) is 4.02. The summed E-state index contributed by atoms with van der Waals surface area (Å²) in [5.74, 6) is -0.797. The van der Waals surface area contributed by atoms with Crippen LogP contribution in [-0.4, -0.2) is 41.0 Å². The van der Waals surface area contributed by atoms with Crippen LogP contribution in [0.5, 0.6) is 0 Å². The molecule has 0 spiro atoms. The van der Waals surface area contributed by atoms with Crippen LogP contribution in [0.4, 0.5) is 5.69 Å². The van der Waals surface area contributed by atoms with Crippen molar-refractivity contribution in [2.75, 3.05) is 18.0 Å². The van der Waals surface area contributed by atoms with Crippen molar-refractivity contribution in [2.24, 2.45) is 5.92 Å². The zero-order valence-electron chi connectivity index (χ0n) is 14.4. The van der Waals surface area contributed by atoms with Gasteiger partial charge in [0.1, 0.15) is 6.04 Å². The van der Waals surface area contributed by atoms with Gasteiger partial charge in [0, 0.05) is 23.1 Å². The van der Waals surface area contributed by atoms with Crippen molar-refractivity contribution in [1.82, 2.24) is 10.0 Å². The molecular weight excluding hydrogens is 385 g/mol. The van der Waals surface area contributed by atoms with E-state index in [2.05, 4.69) is 10.0 Å². The third-order valence-electron chi connectivity index (χ3n) is 5.70. The third-order valence-corrected chi connectivity index (χ3v) is 6.26. The topological polar surface area (TPSA) is 43.9 Å². The normalized spacial score (nSPS) is 28.1. The highest BCUT2D eigenvalue weighted by molar-refractivity contribution is 6.35. The van der Waals surface area contributed by atoms with Crippen LogP contribution in [0.15, 0.2) is 48.5 Å². The van der Waals surface area contributed by atoms with Gasteiger partial charge < -0.3 is 0 Å². The molecule has 0 radical (unpaired) electrons. The van der Waals surface area contributed by atoms with E-state index < -0.39 is 12.0 Å². The van der Waals surface area contributed by atoms with Crippen molar-refractivity contribution in [3.05, 3.63) is 64.1 Å². The summed E-state index contributed by atoms with van der Waals surface area (Å²) in [4.78, 5) is 27.9. The zero-order valence-corrected chi connectivity index (χ0v) is 15.9. The quantitative estimate of drug-likeness (QED) is 0.721. The Labute approximate surface area is 167 Å². The average molecular weight is 402 g/mol. The van der Waals surface area contributed by atoms with Crippen molar-refractivity contribution < 1.29 is 9.59 Å². The van der Waals surface area contributed by atoms with E-state index in [1.165, 1.54) is 4.90 Å². The molecule has 0 saturated carbocycles. The fourth-order valence-corrected chi connectivity index (χ4v) is 5.18. The lowest BCUT2D eigenvalue weighted by atomic mass is 9.90. The maximum atomic E-state index is 13.4. The van der Waals surface area contributed by atoms with E-state index in [1.54, 1.807) is 24.3 Å². The summed E-state index contributed by atoms with van der Waals surface area (Å²) in [6.07, 6.45) is 0.956. The van der Waals surface area contributed by atoms with E-state index in [0.717, 1.165) is 25.1 Å². The number of anilines is 1. The Morgan fingerprint density at radius 2 is 1.56 bits per heavy atom. The molecule has 0 unspecified atom stereocenters. The molecule has 3 atom stereocenters. The van der Waals surface area contributed by atoms with Gasteiger partial charge in [0.2, 0.25) is 5.91 Å². The van der Waals surface area contributed by atoms with Gasteiger partial charge in [-0.25, -0.2) is 14.9 Å². The molecule has 5 rings (SSSR count). The van der Waals surface area contributed by atoms with Gasteiger partial charge >= 0.3 is 0 Å². The van der Waals surface area contributed by atoms with Crippen LogP contribution in [-0.2, 0) is 9.59 Å². The molecule has 2 aromatic rings. The second-order valence-corrected chi connectivity index (χ2v) is 7.95. The van der Waals surface area contributed by atoms with Gasteiger partial charge in [-0.15, -0.1) is 0 Å². The number of amides is 2. The molecule has 2 amide bonds. The summed E-state index contributed by atoms with van der Waals surface area (Å²) in [6.45, 7) is 1.58. The van der Waals surface area contributed by atoms with Crippen molar-refractivity contribution in [1.29, 1.82) is 0 Å². The predicted molar refractivity (Wildman–Crippen MR) is 103 cm³/mol. The van der Waals surface area contributed by atoms with Crippen LogP contribution in [0, 0.1) is 5.92 Å². The van der Waals surface area contributed by atoms with Crippen molar-refractivity contribution >= 4 is 40.7 Å². The molecule has 0 aromatic heterocycles. The minimum Gasteiger partial charge on any atom is -0.274 e. The molecule has 3 fully saturated rings. The Bertz CT molecular complexity index is 936. The van der Waals surface area contributed by atoms with Gasteiger partial charge in [-0.3, -0.25) is 9.59 Å². The Hall–Kier alpha value is -1.92. The standard InChI is InChI=1S/C20H17Cl2N3O2/c21-12-7-8-14(15(22)11-12)17-16-18(24-10-4-9-23(17)24)20(27)25(19(16)26)13-5-2-1-3-6-13/h1-3,5-8,11,16-18H,4,9-10H2/t16-,17+,18-/m0/s1. The SMILES string of the molecule is O=C1[C@@H]2[C@@H](C(=O)N1c1ccccc1)N1CCCN1[C@@H]2c1ccc(Cl)cc1Cl. The van der Waals surface area contributed by atoms with E-state index in [0.29, 0.717) is 15.7 Å². The highest BCUT2D eigenvalue weighted by Gasteiger charge is 2.63. The van der Waals surface area contributed by atoms with Crippen LogP contribution in [0.25, 0.3) is 0 Å². The molecular formula is C20H17Cl2N3O2. The third kappa shape index (κ3) is 2.46. The largest absolute Gasteiger partial charge is 0.274 e. The van der Waals surface area contributed by atoms with Gasteiger partial charge in [-0.05, 0) is 36.2 Å². The second kappa shape index (κ2) is 6.31.